The molecule has 0 saturated carbocycles. The fourth-order valence-electron chi connectivity index (χ4n) is 3.30. The highest BCUT2D eigenvalue weighted by Crippen LogP contribution is 2.24. The average Bonchev–Trinajstić information content (AvgIpc) is 3.28. The topological polar surface area (TPSA) is 143 Å². The number of ether oxygens (including phenoxy) is 2. The number of imidazole rings is 1. The Kier molecular flexibility index (Phi) is 7.75. The first-order valence-corrected chi connectivity index (χ1v) is 10.9. The Bertz CT molecular complexity index is 1200. The van der Waals surface area contributed by atoms with Gasteiger partial charge in [0.1, 0.15) is 11.4 Å². The fraction of sp³-hybridized carbons (Fsp3) is 0.280. The van der Waals surface area contributed by atoms with Crippen LogP contribution in [0.4, 0.5) is 15.3 Å². The van der Waals surface area contributed by atoms with Crippen molar-refractivity contribution in [3.05, 3.63) is 71.7 Å². The number of H-pyrrole nitrogens is 1. The Morgan fingerprint density at radius 1 is 1.09 bits per heavy atom. The van der Waals surface area contributed by atoms with Crippen LogP contribution >= 0.6 is 0 Å². The van der Waals surface area contributed by atoms with Crippen molar-refractivity contribution in [1.29, 1.82) is 0 Å². The number of hydrogen-bond acceptors (Lipinski definition) is 6. The van der Waals surface area contributed by atoms with E-state index >= 15 is 0 Å². The number of anilines is 1. The van der Waals surface area contributed by atoms with Crippen LogP contribution in [-0.4, -0.2) is 45.9 Å². The maximum Gasteiger partial charge on any atom is 0.411 e. The number of nitrogens with zero attached hydrogens (tertiary/aromatic N) is 1. The minimum atomic E-state index is -1.03. The van der Waals surface area contributed by atoms with E-state index in [2.05, 4.69) is 25.3 Å². The van der Waals surface area contributed by atoms with Gasteiger partial charge in [-0.2, -0.15) is 0 Å². The van der Waals surface area contributed by atoms with Gasteiger partial charge in [-0.15, -0.1) is 0 Å². The number of carbonyl (C=O) groups is 3. The van der Waals surface area contributed by atoms with Gasteiger partial charge in [0.15, 0.2) is 0 Å². The molecule has 3 aromatic rings. The van der Waals surface area contributed by atoms with Gasteiger partial charge in [0.25, 0.3) is 0 Å². The van der Waals surface area contributed by atoms with Crippen molar-refractivity contribution in [3.63, 3.8) is 0 Å². The maximum absolute atomic E-state index is 12.5. The van der Waals surface area contributed by atoms with Gasteiger partial charge < -0.3 is 24.9 Å². The second kappa shape index (κ2) is 10.7. The van der Waals surface area contributed by atoms with E-state index in [9.17, 15) is 19.5 Å². The third-order valence-corrected chi connectivity index (χ3v) is 4.86. The monoisotopic (exact) mass is 480 g/mol. The number of methoxy groups -OCH3 is 1. The van der Waals surface area contributed by atoms with Crippen molar-refractivity contribution in [2.24, 2.45) is 0 Å². The van der Waals surface area contributed by atoms with E-state index in [1.807, 2.05) is 0 Å². The minimum Gasteiger partial charge on any atom is -0.478 e. The van der Waals surface area contributed by atoms with Crippen molar-refractivity contribution in [2.75, 3.05) is 12.4 Å². The predicted molar refractivity (Wildman–Crippen MR) is 129 cm³/mol. The van der Waals surface area contributed by atoms with E-state index in [0.717, 1.165) is 5.56 Å². The summed E-state index contributed by atoms with van der Waals surface area (Å²) in [6.45, 7) is 5.30. The third-order valence-electron chi connectivity index (χ3n) is 4.86. The largest absolute Gasteiger partial charge is 0.478 e. The van der Waals surface area contributed by atoms with Crippen LogP contribution in [0.5, 0.6) is 0 Å². The van der Waals surface area contributed by atoms with E-state index in [1.165, 1.54) is 13.2 Å². The highest BCUT2D eigenvalue weighted by molar-refractivity contribution is 5.87. The first kappa shape index (κ1) is 25.3. The Labute approximate surface area is 202 Å². The Hall–Kier alpha value is -4.34. The third kappa shape index (κ3) is 7.32. The standard InChI is InChI=1S/C25H28N4O6/c1-25(2,3)35-24(33)29-19(13-15-6-5-7-17(12-15)22(30)31)21-26-14-20(28-21)16-8-10-18(11-9-16)27-23(32)34-4/h5-12,14,19H,13H2,1-4H3,(H,26,28)(H,27,32)(H,29,33)(H,30,31)/t19-/m0/s1. The zero-order valence-corrected chi connectivity index (χ0v) is 19.9. The molecule has 1 aromatic heterocycles. The fourth-order valence-corrected chi connectivity index (χ4v) is 3.30. The summed E-state index contributed by atoms with van der Waals surface area (Å²) in [7, 11) is 1.29. The molecule has 1 atom stereocenters. The molecule has 10 nitrogen and oxygen atoms in total. The molecule has 0 spiro atoms. The van der Waals surface area contributed by atoms with Crippen molar-refractivity contribution in [2.45, 2.75) is 38.8 Å². The van der Waals surface area contributed by atoms with Crippen molar-refractivity contribution in [1.82, 2.24) is 15.3 Å². The number of alkyl carbamates (subject to hydrolysis) is 1. The zero-order valence-electron chi connectivity index (χ0n) is 19.9. The molecule has 0 aliphatic carbocycles. The molecule has 4 N–H and O–H groups in total. The van der Waals surface area contributed by atoms with Crippen LogP contribution in [0, 0.1) is 0 Å². The normalized spacial score (nSPS) is 11.9. The summed E-state index contributed by atoms with van der Waals surface area (Å²) >= 11 is 0. The number of amides is 2. The van der Waals surface area contributed by atoms with Gasteiger partial charge >= 0.3 is 18.2 Å². The molecule has 0 aliphatic rings. The average molecular weight is 481 g/mol. The van der Waals surface area contributed by atoms with Crippen molar-refractivity contribution >= 4 is 23.8 Å². The molecular formula is C25H28N4O6. The zero-order chi connectivity index (χ0) is 25.6. The summed E-state index contributed by atoms with van der Waals surface area (Å²) in [5.41, 5.74) is 2.25. The van der Waals surface area contributed by atoms with Crippen LogP contribution in [0.2, 0.25) is 0 Å². The number of aromatic nitrogens is 2. The first-order valence-electron chi connectivity index (χ1n) is 10.9. The molecule has 0 radical (unpaired) electrons. The molecule has 35 heavy (non-hydrogen) atoms. The lowest BCUT2D eigenvalue weighted by molar-refractivity contribution is 0.0500. The van der Waals surface area contributed by atoms with E-state index in [-0.39, 0.29) is 12.0 Å². The number of benzene rings is 2. The number of aromatic amines is 1. The van der Waals surface area contributed by atoms with Gasteiger partial charge in [-0.1, -0.05) is 24.3 Å². The maximum atomic E-state index is 12.5. The molecule has 0 unspecified atom stereocenters. The molecule has 2 amide bonds. The van der Waals surface area contributed by atoms with Gasteiger partial charge in [0.2, 0.25) is 0 Å². The summed E-state index contributed by atoms with van der Waals surface area (Å²) in [6, 6.07) is 12.9. The first-order chi connectivity index (χ1) is 16.5. The number of carboxylic acids is 1. The van der Waals surface area contributed by atoms with E-state index in [0.29, 0.717) is 22.8 Å². The lowest BCUT2D eigenvalue weighted by atomic mass is 10.0. The molecule has 2 aromatic carbocycles. The minimum absolute atomic E-state index is 0.152. The van der Waals surface area contributed by atoms with Gasteiger partial charge in [0, 0.05) is 12.1 Å². The molecule has 3 rings (SSSR count). The predicted octanol–water partition coefficient (Wildman–Crippen LogP) is 4.76. The van der Waals surface area contributed by atoms with Gasteiger partial charge in [-0.05, 0) is 56.2 Å². The quantitative estimate of drug-likeness (QED) is 0.382. The highest BCUT2D eigenvalue weighted by Gasteiger charge is 2.23. The lowest BCUT2D eigenvalue weighted by Gasteiger charge is -2.23. The van der Waals surface area contributed by atoms with Crippen LogP contribution in [0.25, 0.3) is 11.3 Å². The molecule has 0 aliphatic heterocycles. The van der Waals surface area contributed by atoms with Crippen LogP contribution in [0.3, 0.4) is 0 Å². The number of nitrogens with one attached hydrogen (secondary N) is 3. The van der Waals surface area contributed by atoms with Crippen LogP contribution in [0.15, 0.2) is 54.7 Å². The van der Waals surface area contributed by atoms with E-state index < -0.39 is 29.8 Å². The Balaban J connectivity index is 1.85. The summed E-state index contributed by atoms with van der Waals surface area (Å²) in [4.78, 5) is 42.9. The number of hydrogen-bond donors (Lipinski definition) is 4. The van der Waals surface area contributed by atoms with Gasteiger partial charge in [-0.3, -0.25) is 5.32 Å². The van der Waals surface area contributed by atoms with Crippen molar-refractivity contribution in [3.8, 4) is 11.3 Å². The van der Waals surface area contributed by atoms with Gasteiger partial charge in [-0.25, -0.2) is 19.4 Å². The molecule has 0 saturated heterocycles. The molecule has 10 heteroatoms. The van der Waals surface area contributed by atoms with Gasteiger partial charge in [0.05, 0.1) is 30.6 Å². The second-order valence-corrected chi connectivity index (χ2v) is 8.78. The second-order valence-electron chi connectivity index (χ2n) is 8.78. The van der Waals surface area contributed by atoms with Crippen LogP contribution < -0.4 is 10.6 Å². The lowest BCUT2D eigenvalue weighted by Crippen LogP contribution is -2.36. The molecular weight excluding hydrogens is 452 g/mol. The molecule has 184 valence electrons. The number of rotatable bonds is 7. The van der Waals surface area contributed by atoms with E-state index in [4.69, 9.17) is 4.74 Å². The molecule has 0 bridgehead atoms. The summed E-state index contributed by atoms with van der Waals surface area (Å²) in [5.74, 6) is -0.558. The van der Waals surface area contributed by atoms with Crippen molar-refractivity contribution < 1.29 is 29.0 Å². The Morgan fingerprint density at radius 3 is 2.43 bits per heavy atom. The number of carboxylic acid groups (broad SMARTS) is 1. The van der Waals surface area contributed by atoms with E-state index in [1.54, 1.807) is 69.4 Å². The SMILES string of the molecule is COC(=O)Nc1ccc(-c2cnc([C@H](Cc3cccc(C(=O)O)c3)NC(=O)OC(C)(C)C)[nH]2)cc1. The number of carbonyl (C=O) groups excluding carboxylic acids is 2. The molecule has 1 heterocycles. The summed E-state index contributed by atoms with van der Waals surface area (Å²) < 4.78 is 9.99. The summed E-state index contributed by atoms with van der Waals surface area (Å²) in [5, 5.41) is 14.7. The van der Waals surface area contributed by atoms with Crippen LogP contribution in [0.1, 0.15) is 48.6 Å². The highest BCUT2D eigenvalue weighted by atomic mass is 16.6. The van der Waals surface area contributed by atoms with Crippen LogP contribution in [-0.2, 0) is 15.9 Å². The number of aromatic carboxylic acids is 1. The molecule has 0 fully saturated rings. The Morgan fingerprint density at radius 2 is 1.80 bits per heavy atom. The smallest absolute Gasteiger partial charge is 0.411 e. The summed E-state index contributed by atoms with van der Waals surface area (Å²) in [6.07, 6.45) is 0.739.